The highest BCUT2D eigenvalue weighted by atomic mass is 16.5. The van der Waals surface area contributed by atoms with Crippen molar-refractivity contribution in [2.45, 2.75) is 26.2 Å². The number of imidazole rings is 1. The van der Waals surface area contributed by atoms with E-state index in [0.717, 1.165) is 36.7 Å². The number of aromatic amines is 1. The van der Waals surface area contributed by atoms with Gasteiger partial charge in [-0.3, -0.25) is 0 Å². The summed E-state index contributed by atoms with van der Waals surface area (Å²) in [7, 11) is 3.58. The quantitative estimate of drug-likeness (QED) is 0.838. The summed E-state index contributed by atoms with van der Waals surface area (Å²) < 4.78 is 5.42. The number of methoxy groups -OCH3 is 1. The molecule has 0 atom stereocenters. The average molecular weight is 259 g/mol. The summed E-state index contributed by atoms with van der Waals surface area (Å²) in [5.41, 5.74) is 3.73. The number of aromatic nitrogens is 2. The molecule has 1 aromatic carbocycles. The van der Waals surface area contributed by atoms with Crippen LogP contribution in [-0.4, -0.2) is 24.1 Å². The predicted octanol–water partition coefficient (Wildman–Crippen LogP) is 2.81. The molecular weight excluding hydrogens is 238 g/mol. The zero-order valence-corrected chi connectivity index (χ0v) is 11.8. The molecule has 1 heterocycles. The normalized spacial score (nSPS) is 10.5. The summed E-state index contributed by atoms with van der Waals surface area (Å²) in [4.78, 5) is 7.46. The van der Waals surface area contributed by atoms with Gasteiger partial charge in [0.15, 0.2) is 5.95 Å². The number of benzene rings is 1. The van der Waals surface area contributed by atoms with Crippen LogP contribution >= 0.6 is 0 Å². The monoisotopic (exact) mass is 259 g/mol. The minimum Gasteiger partial charge on any atom is -0.496 e. The zero-order valence-electron chi connectivity index (χ0n) is 11.8. The number of hydrogen-bond donors (Lipinski definition) is 2. The number of H-pyrrole nitrogens is 1. The van der Waals surface area contributed by atoms with Crippen molar-refractivity contribution in [2.24, 2.45) is 0 Å². The van der Waals surface area contributed by atoms with Crippen molar-refractivity contribution in [3.63, 3.8) is 0 Å². The van der Waals surface area contributed by atoms with Gasteiger partial charge in [0, 0.05) is 12.7 Å². The van der Waals surface area contributed by atoms with Crippen molar-refractivity contribution in [3.8, 4) is 5.75 Å². The number of hydrogen-bond acceptors (Lipinski definition) is 3. The second-order valence-electron chi connectivity index (χ2n) is 4.51. The van der Waals surface area contributed by atoms with Gasteiger partial charge in [-0.05, 0) is 36.5 Å². The van der Waals surface area contributed by atoms with E-state index >= 15 is 0 Å². The third kappa shape index (κ3) is 3.28. The van der Waals surface area contributed by atoms with Crippen LogP contribution in [0.1, 0.15) is 23.7 Å². The number of nitrogens with one attached hydrogen (secondary N) is 2. The smallest absolute Gasteiger partial charge is 0.200 e. The highest BCUT2D eigenvalue weighted by Crippen LogP contribution is 2.22. The Morgan fingerprint density at radius 1 is 1.32 bits per heavy atom. The molecule has 0 saturated heterocycles. The van der Waals surface area contributed by atoms with Gasteiger partial charge in [0.1, 0.15) is 5.75 Å². The molecule has 102 valence electrons. The van der Waals surface area contributed by atoms with E-state index in [2.05, 4.69) is 40.4 Å². The maximum absolute atomic E-state index is 5.42. The summed E-state index contributed by atoms with van der Waals surface area (Å²) >= 11 is 0. The SMILES string of the molecule is CCc1ccc(OC)c(CCc2cnc(NC)[nH]2)c1. The van der Waals surface area contributed by atoms with Gasteiger partial charge in [0.05, 0.1) is 13.3 Å². The molecule has 0 saturated carbocycles. The Hall–Kier alpha value is -1.97. The summed E-state index contributed by atoms with van der Waals surface area (Å²) in [6.45, 7) is 2.17. The van der Waals surface area contributed by atoms with Crippen molar-refractivity contribution >= 4 is 5.95 Å². The lowest BCUT2D eigenvalue weighted by Gasteiger charge is -2.09. The number of anilines is 1. The van der Waals surface area contributed by atoms with Crippen LogP contribution in [-0.2, 0) is 19.3 Å². The van der Waals surface area contributed by atoms with Gasteiger partial charge in [-0.25, -0.2) is 4.98 Å². The summed E-state index contributed by atoms with van der Waals surface area (Å²) in [6.07, 6.45) is 4.80. The molecule has 0 aliphatic heterocycles. The zero-order chi connectivity index (χ0) is 13.7. The Balaban J connectivity index is 2.09. The maximum atomic E-state index is 5.42. The first-order valence-corrected chi connectivity index (χ1v) is 6.64. The summed E-state index contributed by atoms with van der Waals surface area (Å²) in [6, 6.07) is 6.41. The molecule has 2 N–H and O–H groups in total. The molecule has 4 nitrogen and oxygen atoms in total. The third-order valence-corrected chi connectivity index (χ3v) is 3.28. The Labute approximate surface area is 114 Å². The molecule has 0 spiro atoms. The Morgan fingerprint density at radius 2 is 2.16 bits per heavy atom. The van der Waals surface area contributed by atoms with Gasteiger partial charge in [-0.2, -0.15) is 0 Å². The van der Waals surface area contributed by atoms with Crippen LogP contribution < -0.4 is 10.1 Å². The van der Waals surface area contributed by atoms with Gasteiger partial charge in [-0.15, -0.1) is 0 Å². The van der Waals surface area contributed by atoms with Crippen LogP contribution in [0.15, 0.2) is 24.4 Å². The van der Waals surface area contributed by atoms with Crippen molar-refractivity contribution in [3.05, 3.63) is 41.2 Å². The number of ether oxygens (including phenoxy) is 1. The highest BCUT2D eigenvalue weighted by molar-refractivity contribution is 5.38. The molecule has 2 aromatic rings. The number of nitrogens with zero attached hydrogens (tertiary/aromatic N) is 1. The molecule has 0 aliphatic carbocycles. The molecular formula is C15H21N3O. The fourth-order valence-corrected chi connectivity index (χ4v) is 2.13. The standard InChI is InChI=1S/C15H21N3O/c1-4-11-5-8-14(19-3)12(9-11)6-7-13-10-17-15(16-2)18-13/h5,8-10H,4,6-7H2,1-3H3,(H2,16,17,18). The van der Waals surface area contributed by atoms with Crippen molar-refractivity contribution in [1.82, 2.24) is 9.97 Å². The van der Waals surface area contributed by atoms with Crippen LogP contribution in [0.2, 0.25) is 0 Å². The van der Waals surface area contributed by atoms with E-state index in [9.17, 15) is 0 Å². The van der Waals surface area contributed by atoms with E-state index in [0.29, 0.717) is 0 Å². The van der Waals surface area contributed by atoms with Crippen LogP contribution in [0.3, 0.4) is 0 Å². The second kappa shape index (κ2) is 6.27. The van der Waals surface area contributed by atoms with Crippen LogP contribution in [0.5, 0.6) is 5.75 Å². The molecule has 0 unspecified atom stereocenters. The van der Waals surface area contributed by atoms with E-state index in [-0.39, 0.29) is 0 Å². The topological polar surface area (TPSA) is 49.9 Å². The van der Waals surface area contributed by atoms with Crippen LogP contribution in [0.4, 0.5) is 5.95 Å². The maximum Gasteiger partial charge on any atom is 0.200 e. The largest absolute Gasteiger partial charge is 0.496 e. The van der Waals surface area contributed by atoms with E-state index < -0.39 is 0 Å². The highest BCUT2D eigenvalue weighted by Gasteiger charge is 2.06. The van der Waals surface area contributed by atoms with Crippen LogP contribution in [0.25, 0.3) is 0 Å². The first kappa shape index (κ1) is 13.5. The van der Waals surface area contributed by atoms with E-state index in [4.69, 9.17) is 4.74 Å². The minimum absolute atomic E-state index is 0.810. The first-order valence-electron chi connectivity index (χ1n) is 6.64. The van der Waals surface area contributed by atoms with Gasteiger partial charge in [-0.1, -0.05) is 19.1 Å². The fourth-order valence-electron chi connectivity index (χ4n) is 2.13. The van der Waals surface area contributed by atoms with Crippen molar-refractivity contribution in [2.75, 3.05) is 19.5 Å². The van der Waals surface area contributed by atoms with Gasteiger partial charge in [0.25, 0.3) is 0 Å². The lowest BCUT2D eigenvalue weighted by molar-refractivity contribution is 0.409. The average Bonchev–Trinajstić information content (AvgIpc) is 2.92. The van der Waals surface area contributed by atoms with Crippen LogP contribution in [0, 0.1) is 0 Å². The summed E-state index contributed by atoms with van der Waals surface area (Å²) in [5, 5.41) is 2.99. The van der Waals surface area contributed by atoms with Gasteiger partial charge >= 0.3 is 0 Å². The molecule has 19 heavy (non-hydrogen) atoms. The number of rotatable bonds is 6. The Kier molecular flexibility index (Phi) is 4.44. The lowest BCUT2D eigenvalue weighted by Crippen LogP contribution is -1.97. The molecule has 0 bridgehead atoms. The molecule has 2 rings (SSSR count). The van der Waals surface area contributed by atoms with E-state index in [1.54, 1.807) is 7.11 Å². The van der Waals surface area contributed by atoms with Gasteiger partial charge < -0.3 is 15.0 Å². The second-order valence-corrected chi connectivity index (χ2v) is 4.51. The van der Waals surface area contributed by atoms with E-state index in [1.165, 1.54) is 11.1 Å². The summed E-state index contributed by atoms with van der Waals surface area (Å²) in [5.74, 6) is 1.77. The molecule has 0 amide bonds. The molecule has 0 fully saturated rings. The van der Waals surface area contributed by atoms with E-state index in [1.807, 2.05) is 13.2 Å². The Morgan fingerprint density at radius 3 is 2.79 bits per heavy atom. The molecule has 4 heteroatoms. The van der Waals surface area contributed by atoms with Crippen molar-refractivity contribution < 1.29 is 4.74 Å². The van der Waals surface area contributed by atoms with Crippen molar-refractivity contribution in [1.29, 1.82) is 0 Å². The predicted molar refractivity (Wildman–Crippen MR) is 77.9 cm³/mol. The molecule has 1 aromatic heterocycles. The molecule has 0 aliphatic rings. The Bertz CT molecular complexity index is 534. The number of aryl methyl sites for hydroxylation is 3. The third-order valence-electron chi connectivity index (χ3n) is 3.28. The lowest BCUT2D eigenvalue weighted by atomic mass is 10.0. The van der Waals surface area contributed by atoms with Gasteiger partial charge in [0.2, 0.25) is 0 Å². The first-order chi connectivity index (χ1) is 9.26. The minimum atomic E-state index is 0.810. The fraction of sp³-hybridized carbons (Fsp3) is 0.400. The molecule has 0 radical (unpaired) electrons.